The number of halogens is 1. The van der Waals surface area contributed by atoms with E-state index in [4.69, 9.17) is 9.97 Å². The molecule has 0 saturated carbocycles. The minimum absolute atomic E-state index is 0.0191. The van der Waals surface area contributed by atoms with Gasteiger partial charge >= 0.3 is 0 Å². The number of benzene rings is 1. The van der Waals surface area contributed by atoms with Crippen LogP contribution in [0.5, 0.6) is 0 Å². The third kappa shape index (κ3) is 4.61. The smallest absolute Gasteiger partial charge is 0.227 e. The Balaban J connectivity index is 1.40. The molecule has 188 valence electrons. The Morgan fingerprint density at radius 2 is 2.06 bits per heavy atom. The first-order chi connectivity index (χ1) is 16.9. The molecule has 0 bridgehead atoms. The standard InChI is InChI=1S/C26H34FN5O2S/c1-4-19-23(18-13-17(27)5-6-20(18)28-19)16-7-10-32(11-8-16)26-30-21-9-12-35(34)24(21)25(31-26)29-22(14-33)15(2)3/h5-6,13,15-16,22,28,33H,4,7-12,14H2,1-3H3,(H,29,30,31). The summed E-state index contributed by atoms with van der Waals surface area (Å²) in [6, 6.07) is 4.83. The number of aliphatic hydroxyl groups excluding tert-OH is 1. The van der Waals surface area contributed by atoms with Crippen LogP contribution >= 0.6 is 0 Å². The van der Waals surface area contributed by atoms with Gasteiger partial charge in [-0.2, -0.15) is 4.98 Å². The van der Waals surface area contributed by atoms with Crippen LogP contribution in [-0.2, 0) is 24.0 Å². The molecule has 0 amide bonds. The van der Waals surface area contributed by atoms with Gasteiger partial charge in [-0.1, -0.05) is 20.8 Å². The molecule has 7 nitrogen and oxygen atoms in total. The molecule has 2 unspecified atom stereocenters. The molecule has 4 heterocycles. The lowest BCUT2D eigenvalue weighted by molar-refractivity contribution is 0.248. The maximum Gasteiger partial charge on any atom is 0.227 e. The van der Waals surface area contributed by atoms with Crippen molar-refractivity contribution in [3.63, 3.8) is 0 Å². The van der Waals surface area contributed by atoms with Gasteiger partial charge in [-0.05, 0) is 66.0 Å². The van der Waals surface area contributed by atoms with Gasteiger partial charge in [-0.15, -0.1) is 0 Å². The van der Waals surface area contributed by atoms with Crippen molar-refractivity contribution >= 4 is 33.8 Å². The van der Waals surface area contributed by atoms with Gasteiger partial charge in [0.05, 0.1) is 12.6 Å². The Morgan fingerprint density at radius 3 is 2.74 bits per heavy atom. The van der Waals surface area contributed by atoms with Crippen LogP contribution in [-0.4, -0.2) is 56.1 Å². The van der Waals surface area contributed by atoms with E-state index >= 15 is 0 Å². The molecule has 9 heteroatoms. The van der Waals surface area contributed by atoms with Crippen molar-refractivity contribution in [1.82, 2.24) is 15.0 Å². The average molecular weight is 500 g/mol. The number of fused-ring (bicyclic) bond motifs is 2. The van der Waals surface area contributed by atoms with Crippen molar-refractivity contribution in [1.29, 1.82) is 0 Å². The molecular weight excluding hydrogens is 465 g/mol. The average Bonchev–Trinajstić information content (AvgIpc) is 3.42. The number of H-pyrrole nitrogens is 1. The molecule has 0 aliphatic carbocycles. The fourth-order valence-electron chi connectivity index (χ4n) is 5.38. The second-order valence-corrected chi connectivity index (χ2v) is 11.5. The van der Waals surface area contributed by atoms with E-state index in [1.165, 1.54) is 17.3 Å². The molecule has 1 fully saturated rings. The summed E-state index contributed by atoms with van der Waals surface area (Å²) >= 11 is -1.12. The summed E-state index contributed by atoms with van der Waals surface area (Å²) < 4.78 is 26.7. The van der Waals surface area contributed by atoms with Crippen molar-refractivity contribution in [2.45, 2.75) is 63.3 Å². The van der Waals surface area contributed by atoms with Crippen LogP contribution in [0.3, 0.4) is 0 Å². The maximum absolute atomic E-state index is 14.0. The number of rotatable bonds is 7. The van der Waals surface area contributed by atoms with Crippen LogP contribution < -0.4 is 10.2 Å². The van der Waals surface area contributed by atoms with Gasteiger partial charge < -0.3 is 24.9 Å². The summed E-state index contributed by atoms with van der Waals surface area (Å²) in [4.78, 5) is 16.0. The Kier molecular flexibility index (Phi) is 6.92. The Labute approximate surface area is 208 Å². The van der Waals surface area contributed by atoms with E-state index < -0.39 is 11.2 Å². The number of aliphatic hydroxyl groups is 1. The van der Waals surface area contributed by atoms with Gasteiger partial charge in [0.1, 0.15) is 17.3 Å². The fraction of sp³-hybridized carbons (Fsp3) is 0.538. The van der Waals surface area contributed by atoms with Crippen molar-refractivity contribution in [3.05, 3.63) is 41.0 Å². The number of hydrogen-bond donors (Lipinski definition) is 3. The van der Waals surface area contributed by atoms with E-state index in [-0.39, 0.29) is 24.4 Å². The monoisotopic (exact) mass is 499 g/mol. The first-order valence-electron chi connectivity index (χ1n) is 12.6. The highest BCUT2D eigenvalue weighted by atomic mass is 32.2. The molecule has 2 aliphatic heterocycles. The zero-order valence-electron chi connectivity index (χ0n) is 20.6. The Hall–Kier alpha value is -2.36. The molecule has 3 aromatic rings. The topological polar surface area (TPSA) is 100 Å². The molecule has 1 saturated heterocycles. The van der Waals surface area contributed by atoms with Crippen LogP contribution in [0, 0.1) is 11.7 Å². The second-order valence-electron chi connectivity index (χ2n) is 9.95. The molecule has 1 aromatic carbocycles. The predicted octanol–water partition coefficient (Wildman–Crippen LogP) is 4.14. The van der Waals surface area contributed by atoms with Crippen molar-refractivity contribution in [2.24, 2.45) is 5.92 Å². The lowest BCUT2D eigenvalue weighted by Gasteiger charge is -2.33. The largest absolute Gasteiger partial charge is 0.611 e. The molecule has 2 atom stereocenters. The first-order valence-corrected chi connectivity index (χ1v) is 13.9. The van der Waals surface area contributed by atoms with E-state index in [1.54, 1.807) is 6.07 Å². The quantitative estimate of drug-likeness (QED) is 0.423. The van der Waals surface area contributed by atoms with Crippen molar-refractivity contribution < 1.29 is 14.0 Å². The lowest BCUT2D eigenvalue weighted by atomic mass is 9.87. The zero-order chi connectivity index (χ0) is 24.7. The van der Waals surface area contributed by atoms with E-state index in [0.29, 0.717) is 34.8 Å². The summed E-state index contributed by atoms with van der Waals surface area (Å²) in [6.45, 7) is 7.79. The Morgan fingerprint density at radius 1 is 1.29 bits per heavy atom. The summed E-state index contributed by atoms with van der Waals surface area (Å²) in [5.41, 5.74) is 4.28. The highest BCUT2D eigenvalue weighted by Gasteiger charge is 2.35. The normalized spacial score (nSPS) is 19.5. The van der Waals surface area contributed by atoms with E-state index in [9.17, 15) is 14.0 Å². The van der Waals surface area contributed by atoms with Crippen molar-refractivity contribution in [3.8, 4) is 0 Å². The van der Waals surface area contributed by atoms with Gasteiger partial charge in [0.25, 0.3) is 0 Å². The first kappa shape index (κ1) is 24.3. The predicted molar refractivity (Wildman–Crippen MR) is 138 cm³/mol. The fourth-order valence-corrected chi connectivity index (χ4v) is 6.69. The van der Waals surface area contributed by atoms with Crippen molar-refractivity contribution in [2.75, 3.05) is 35.7 Å². The van der Waals surface area contributed by atoms with Gasteiger partial charge in [-0.25, -0.2) is 9.37 Å². The maximum atomic E-state index is 14.0. The molecule has 0 radical (unpaired) electrons. The summed E-state index contributed by atoms with van der Waals surface area (Å²) in [5, 5.41) is 14.2. The van der Waals surface area contributed by atoms with Crippen LogP contribution in [0.2, 0.25) is 0 Å². The van der Waals surface area contributed by atoms with E-state index in [1.807, 2.05) is 19.9 Å². The van der Waals surface area contributed by atoms with Crippen LogP contribution in [0.15, 0.2) is 23.1 Å². The molecule has 2 aliphatic rings. The van der Waals surface area contributed by atoms with Crippen LogP contribution in [0.1, 0.15) is 56.5 Å². The lowest BCUT2D eigenvalue weighted by Crippen LogP contribution is -2.35. The second kappa shape index (κ2) is 9.95. The minimum atomic E-state index is -1.12. The SMILES string of the molecule is CCc1[nH]c2ccc(F)cc2c1C1CCN(c2nc3c(c(NC(CO)C(C)C)n2)[S+]([O-])CC3)CC1. The molecule has 5 rings (SSSR count). The zero-order valence-corrected chi connectivity index (χ0v) is 21.4. The summed E-state index contributed by atoms with van der Waals surface area (Å²) in [6.07, 6.45) is 3.41. The summed E-state index contributed by atoms with van der Waals surface area (Å²) in [7, 11) is 0. The van der Waals surface area contributed by atoms with Gasteiger partial charge in [0, 0.05) is 36.1 Å². The number of anilines is 2. The third-order valence-electron chi connectivity index (χ3n) is 7.42. The number of aromatic amines is 1. The minimum Gasteiger partial charge on any atom is -0.611 e. The van der Waals surface area contributed by atoms with Gasteiger partial charge in [0.2, 0.25) is 10.8 Å². The molecule has 35 heavy (non-hydrogen) atoms. The number of hydrogen-bond acceptors (Lipinski definition) is 6. The molecule has 0 spiro atoms. The summed E-state index contributed by atoms with van der Waals surface area (Å²) in [5.74, 6) is 2.15. The number of nitrogens with zero attached hydrogens (tertiary/aromatic N) is 3. The molecular formula is C26H34FN5O2S. The number of nitrogens with one attached hydrogen (secondary N) is 2. The van der Waals surface area contributed by atoms with Gasteiger partial charge in [-0.3, -0.25) is 0 Å². The molecule has 3 N–H and O–H groups in total. The highest BCUT2D eigenvalue weighted by molar-refractivity contribution is 7.91. The molecule has 2 aromatic heterocycles. The van der Waals surface area contributed by atoms with E-state index in [0.717, 1.165) is 48.9 Å². The third-order valence-corrected chi connectivity index (χ3v) is 8.88. The highest BCUT2D eigenvalue weighted by Crippen LogP contribution is 2.38. The van der Waals surface area contributed by atoms with E-state index in [2.05, 4.69) is 22.1 Å². The Bertz CT molecular complexity index is 1210. The number of aryl methyl sites for hydroxylation is 2. The van der Waals surface area contributed by atoms with Crippen LogP contribution in [0.25, 0.3) is 10.9 Å². The number of aromatic nitrogens is 3. The number of piperidine rings is 1. The van der Waals surface area contributed by atoms with Crippen LogP contribution in [0.4, 0.5) is 16.2 Å². The van der Waals surface area contributed by atoms with Gasteiger partial charge in [0.15, 0.2) is 5.82 Å².